The summed E-state index contributed by atoms with van der Waals surface area (Å²) in [6, 6.07) is 2.74. The fraction of sp³-hybridized carbons (Fsp3) is 0.789. The molecule has 1 saturated carbocycles. The van der Waals surface area contributed by atoms with Gasteiger partial charge in [0, 0.05) is 50.9 Å². The Labute approximate surface area is 159 Å². The van der Waals surface area contributed by atoms with Gasteiger partial charge in [-0.1, -0.05) is 0 Å². The van der Waals surface area contributed by atoms with Crippen LogP contribution in [0, 0.1) is 5.41 Å². The van der Waals surface area contributed by atoms with Crippen molar-refractivity contribution in [1.82, 2.24) is 19.6 Å². The highest BCUT2D eigenvalue weighted by molar-refractivity contribution is 5.68. The van der Waals surface area contributed by atoms with Gasteiger partial charge in [-0.3, -0.25) is 4.68 Å². The number of nitrogens with zero attached hydrogens (tertiary/aromatic N) is 4. The minimum absolute atomic E-state index is 0.184. The molecule has 3 aliphatic rings. The number of hydrogen-bond acceptors (Lipinski definition) is 6. The monoisotopic (exact) mass is 378 g/mol. The fourth-order valence-electron chi connectivity index (χ4n) is 5.20. The Morgan fingerprint density at radius 1 is 1.30 bits per heavy atom. The molecule has 8 nitrogen and oxygen atoms in total. The second-order valence-electron chi connectivity index (χ2n) is 8.73. The molecule has 0 radical (unpaired) electrons. The third-order valence-electron chi connectivity index (χ3n) is 6.64. The molecule has 1 spiro atoms. The third kappa shape index (κ3) is 3.83. The molecule has 1 aromatic rings. The average Bonchev–Trinajstić information content (AvgIpc) is 3.19. The van der Waals surface area contributed by atoms with Gasteiger partial charge in [-0.2, -0.15) is 5.10 Å². The largest absolute Gasteiger partial charge is 0.414 e. The molecule has 0 bridgehead atoms. The summed E-state index contributed by atoms with van der Waals surface area (Å²) in [5.41, 5.74) is 1.52. The molecule has 0 aromatic carbocycles. The lowest BCUT2D eigenvalue weighted by atomic mass is 9.64. The smallest absolute Gasteiger partial charge is 0.392 e. The summed E-state index contributed by atoms with van der Waals surface area (Å²) in [6.07, 6.45) is 6.79. The number of carbonyl (C=O) groups excluding carboxylic acids is 1. The lowest BCUT2D eigenvalue weighted by molar-refractivity contribution is -0.296. The van der Waals surface area contributed by atoms with E-state index in [0.29, 0.717) is 25.0 Å². The molecule has 1 aliphatic carbocycles. The van der Waals surface area contributed by atoms with Crippen LogP contribution in [-0.4, -0.2) is 74.1 Å². The Kier molecular flexibility index (Phi) is 4.68. The van der Waals surface area contributed by atoms with Crippen molar-refractivity contribution in [2.24, 2.45) is 12.5 Å². The molecule has 3 heterocycles. The van der Waals surface area contributed by atoms with Crippen LogP contribution in [0.2, 0.25) is 0 Å². The van der Waals surface area contributed by atoms with Gasteiger partial charge in [0.05, 0.1) is 0 Å². The van der Waals surface area contributed by atoms with Crippen LogP contribution in [-0.2, 0) is 11.8 Å². The summed E-state index contributed by atoms with van der Waals surface area (Å²) in [4.78, 5) is 16.2. The molecular weight excluding hydrogens is 348 g/mol. The highest BCUT2D eigenvalue weighted by Gasteiger charge is 2.51. The Bertz CT molecular complexity index is 684. The quantitative estimate of drug-likeness (QED) is 0.770. The summed E-state index contributed by atoms with van der Waals surface area (Å²) in [6.45, 7) is 4.57. The number of hydrogen-bond donors (Lipinski definition) is 2. The molecule has 4 rings (SSSR count). The van der Waals surface area contributed by atoms with E-state index in [1.807, 2.05) is 17.9 Å². The van der Waals surface area contributed by atoms with Crippen molar-refractivity contribution in [3.8, 4) is 0 Å². The van der Waals surface area contributed by atoms with Crippen molar-refractivity contribution in [3.05, 3.63) is 18.0 Å². The van der Waals surface area contributed by atoms with Crippen LogP contribution in [0.25, 0.3) is 0 Å². The number of aryl methyl sites for hydroxylation is 1. The van der Waals surface area contributed by atoms with E-state index in [1.165, 1.54) is 18.5 Å². The lowest BCUT2D eigenvalue weighted by Gasteiger charge is -2.51. The predicted octanol–water partition coefficient (Wildman–Crippen LogP) is 1.25. The normalized spacial score (nSPS) is 29.9. The number of ether oxygens (including phenoxy) is 1. The van der Waals surface area contributed by atoms with Gasteiger partial charge in [0.15, 0.2) is 0 Å². The Morgan fingerprint density at radius 3 is 2.59 bits per heavy atom. The van der Waals surface area contributed by atoms with E-state index >= 15 is 0 Å². The zero-order valence-corrected chi connectivity index (χ0v) is 16.2. The number of amides is 1. The van der Waals surface area contributed by atoms with Crippen molar-refractivity contribution in [3.63, 3.8) is 0 Å². The fourth-order valence-corrected chi connectivity index (χ4v) is 5.20. The molecule has 3 fully saturated rings. The van der Waals surface area contributed by atoms with Gasteiger partial charge < -0.3 is 24.7 Å². The van der Waals surface area contributed by atoms with Gasteiger partial charge in [-0.25, -0.2) is 4.79 Å². The van der Waals surface area contributed by atoms with Crippen molar-refractivity contribution in [2.75, 3.05) is 26.2 Å². The van der Waals surface area contributed by atoms with Crippen LogP contribution in [0.15, 0.2) is 12.3 Å². The van der Waals surface area contributed by atoms with Gasteiger partial charge in [0.1, 0.15) is 0 Å². The summed E-state index contributed by atoms with van der Waals surface area (Å²) < 4.78 is 6.66. The highest BCUT2D eigenvalue weighted by atomic mass is 16.8. The lowest BCUT2D eigenvalue weighted by Crippen LogP contribution is -2.54. The zero-order valence-electron chi connectivity index (χ0n) is 16.2. The molecule has 150 valence electrons. The average molecular weight is 378 g/mol. The first kappa shape index (κ1) is 18.7. The molecule has 2 aliphatic heterocycles. The molecule has 2 saturated heterocycles. The highest BCUT2D eigenvalue weighted by Crippen LogP contribution is 2.51. The number of aromatic nitrogens is 2. The minimum Gasteiger partial charge on any atom is -0.392 e. The van der Waals surface area contributed by atoms with E-state index in [4.69, 9.17) is 0 Å². The van der Waals surface area contributed by atoms with Crippen LogP contribution in [0.1, 0.15) is 50.6 Å². The van der Waals surface area contributed by atoms with E-state index in [2.05, 4.69) is 20.8 Å². The van der Waals surface area contributed by atoms with E-state index in [0.717, 1.165) is 39.3 Å². The summed E-state index contributed by atoms with van der Waals surface area (Å²) >= 11 is 0. The molecule has 2 N–H and O–H groups in total. The topological polar surface area (TPSA) is 91.1 Å². The molecule has 8 heteroatoms. The first-order valence-electron chi connectivity index (χ1n) is 9.89. The first-order valence-corrected chi connectivity index (χ1v) is 9.89. The predicted molar refractivity (Wildman–Crippen MR) is 97.7 cm³/mol. The van der Waals surface area contributed by atoms with Crippen LogP contribution >= 0.6 is 0 Å². The first-order chi connectivity index (χ1) is 12.7. The van der Waals surface area contributed by atoms with Gasteiger partial charge >= 0.3 is 12.1 Å². The Morgan fingerprint density at radius 2 is 2.00 bits per heavy atom. The van der Waals surface area contributed by atoms with Gasteiger partial charge in [-0.05, 0) is 56.7 Å². The maximum atomic E-state index is 12.0. The van der Waals surface area contributed by atoms with Crippen LogP contribution in [0.5, 0.6) is 0 Å². The number of likely N-dealkylation sites (tertiary alicyclic amines) is 2. The Balaban J connectivity index is 1.25. The summed E-state index contributed by atoms with van der Waals surface area (Å²) in [5.74, 6) is -1.81. The molecule has 27 heavy (non-hydrogen) atoms. The van der Waals surface area contributed by atoms with Crippen molar-refractivity contribution in [2.45, 2.75) is 57.0 Å². The van der Waals surface area contributed by atoms with Crippen molar-refractivity contribution < 1.29 is 19.7 Å². The molecule has 0 atom stereocenters. The molecule has 1 amide bonds. The summed E-state index contributed by atoms with van der Waals surface area (Å²) in [7, 11) is 2.02. The SMILES string of the molecule is Cn1nccc1C1CCN(C2CC3(CCN(C(=O)OC(C)(O)O)C3)C2)CC1. The molecule has 0 unspecified atom stereocenters. The Hall–Kier alpha value is -1.64. The van der Waals surface area contributed by atoms with E-state index in [9.17, 15) is 15.0 Å². The molecular formula is C19H30N4O4. The number of aliphatic hydroxyl groups is 2. The minimum atomic E-state index is -2.41. The van der Waals surface area contributed by atoms with Crippen LogP contribution in [0.4, 0.5) is 4.79 Å². The third-order valence-corrected chi connectivity index (χ3v) is 6.64. The van der Waals surface area contributed by atoms with Gasteiger partial charge in [-0.15, -0.1) is 0 Å². The number of rotatable bonds is 3. The van der Waals surface area contributed by atoms with Crippen molar-refractivity contribution in [1.29, 1.82) is 0 Å². The van der Waals surface area contributed by atoms with Crippen molar-refractivity contribution >= 4 is 6.09 Å². The van der Waals surface area contributed by atoms with Crippen LogP contribution in [0.3, 0.4) is 0 Å². The second kappa shape index (κ2) is 6.76. The number of piperidine rings is 1. The van der Waals surface area contributed by atoms with E-state index < -0.39 is 12.1 Å². The van der Waals surface area contributed by atoms with Gasteiger partial charge in [0.2, 0.25) is 0 Å². The van der Waals surface area contributed by atoms with E-state index in [1.54, 1.807) is 4.90 Å². The second-order valence-corrected chi connectivity index (χ2v) is 8.73. The zero-order chi connectivity index (χ0) is 19.2. The molecule has 1 aromatic heterocycles. The van der Waals surface area contributed by atoms with Crippen LogP contribution < -0.4 is 0 Å². The maximum Gasteiger partial charge on any atom is 0.414 e. The standard InChI is InChI=1S/C19H30N4O4/c1-18(25,26)27-17(24)23-10-6-19(13-23)11-15(12-19)22-8-4-14(5-9-22)16-3-7-20-21(16)2/h3,7,14-15,25-26H,4-6,8-13H2,1-2H3. The number of carbonyl (C=O) groups is 1. The van der Waals surface area contributed by atoms with Gasteiger partial charge in [0.25, 0.3) is 0 Å². The maximum absolute atomic E-state index is 12.0. The summed E-state index contributed by atoms with van der Waals surface area (Å²) in [5, 5.41) is 22.8. The van der Waals surface area contributed by atoms with E-state index in [-0.39, 0.29) is 5.41 Å².